The van der Waals surface area contributed by atoms with Gasteiger partial charge in [-0.15, -0.1) is 6.58 Å². The molecule has 0 bridgehead atoms. The van der Waals surface area contributed by atoms with Gasteiger partial charge in [-0.1, -0.05) is 42.5 Å². The molecule has 2 aromatic carbocycles. The van der Waals surface area contributed by atoms with E-state index in [2.05, 4.69) is 11.9 Å². The Morgan fingerprint density at radius 2 is 1.81 bits per heavy atom. The number of hydrogen-bond acceptors (Lipinski definition) is 3. The Balaban J connectivity index is 1.61. The molecule has 1 unspecified atom stereocenters. The summed E-state index contributed by atoms with van der Waals surface area (Å²) in [6.45, 7) is 9.49. The maximum atomic E-state index is 13.3. The van der Waals surface area contributed by atoms with Crippen molar-refractivity contribution in [3.05, 3.63) is 83.7 Å². The standard InChI is InChI=1S/C25H25N3O3/c1-5-12-27-16(2)13-21(17(27)3)22(29)15-28-23(30)25(4,26-24(28)31)20-11-10-18-8-6-7-9-19(18)14-20/h5-11,13-14H,1,12,15H2,2-4H3,(H,26,31). The summed E-state index contributed by atoms with van der Waals surface area (Å²) in [6.07, 6.45) is 1.76. The first-order valence-corrected chi connectivity index (χ1v) is 10.2. The minimum Gasteiger partial charge on any atom is -0.345 e. The van der Waals surface area contributed by atoms with Crippen molar-refractivity contribution >= 4 is 28.5 Å². The van der Waals surface area contributed by atoms with E-state index < -0.39 is 17.5 Å². The molecule has 1 N–H and O–H groups in total. The normalized spacial score (nSPS) is 18.5. The lowest BCUT2D eigenvalue weighted by Crippen LogP contribution is -2.41. The van der Waals surface area contributed by atoms with Gasteiger partial charge in [0.25, 0.3) is 5.91 Å². The Morgan fingerprint density at radius 1 is 1.10 bits per heavy atom. The van der Waals surface area contributed by atoms with E-state index in [1.807, 2.05) is 60.9 Å². The molecule has 0 radical (unpaired) electrons. The van der Waals surface area contributed by atoms with Crippen molar-refractivity contribution in [3.63, 3.8) is 0 Å². The van der Waals surface area contributed by atoms with E-state index >= 15 is 0 Å². The predicted octanol–water partition coefficient (Wildman–Crippen LogP) is 4.09. The van der Waals surface area contributed by atoms with Crippen LogP contribution in [0.3, 0.4) is 0 Å². The highest BCUT2D eigenvalue weighted by Crippen LogP contribution is 2.31. The molecular formula is C25H25N3O3. The number of Topliss-reactive ketones (excluding diaryl/α,β-unsaturated/α-hetero) is 1. The van der Waals surface area contributed by atoms with E-state index in [1.165, 1.54) is 0 Å². The molecule has 1 saturated heterocycles. The SMILES string of the molecule is C=CCn1c(C)cc(C(=O)CN2C(=O)NC(C)(c3ccc4ccccc4c3)C2=O)c1C. The van der Waals surface area contributed by atoms with Gasteiger partial charge in [-0.05, 0) is 49.2 Å². The third-order valence-corrected chi connectivity index (χ3v) is 6.09. The van der Waals surface area contributed by atoms with Crippen LogP contribution in [0.25, 0.3) is 10.8 Å². The maximum Gasteiger partial charge on any atom is 0.325 e. The molecule has 0 aliphatic carbocycles. The van der Waals surface area contributed by atoms with Gasteiger partial charge in [0.2, 0.25) is 0 Å². The summed E-state index contributed by atoms with van der Waals surface area (Å²) in [5.74, 6) is -0.698. The number of urea groups is 1. The van der Waals surface area contributed by atoms with Gasteiger partial charge in [0, 0.05) is 23.5 Å². The second kappa shape index (κ2) is 7.54. The Kier molecular flexibility index (Phi) is 5.01. The number of nitrogens with one attached hydrogen (secondary N) is 1. The van der Waals surface area contributed by atoms with Crippen molar-refractivity contribution in [2.24, 2.45) is 0 Å². The Bertz CT molecular complexity index is 1240. The van der Waals surface area contributed by atoms with Crippen LogP contribution in [0.15, 0.2) is 61.2 Å². The summed E-state index contributed by atoms with van der Waals surface area (Å²) in [7, 11) is 0. The summed E-state index contributed by atoms with van der Waals surface area (Å²) in [6, 6.07) is 14.7. The molecule has 1 fully saturated rings. The molecule has 1 aliphatic rings. The van der Waals surface area contributed by atoms with Gasteiger partial charge >= 0.3 is 6.03 Å². The third kappa shape index (κ3) is 3.34. The highest BCUT2D eigenvalue weighted by Gasteiger charge is 2.49. The molecule has 158 valence electrons. The summed E-state index contributed by atoms with van der Waals surface area (Å²) < 4.78 is 1.98. The van der Waals surface area contributed by atoms with E-state index in [9.17, 15) is 14.4 Å². The smallest absolute Gasteiger partial charge is 0.325 e. The van der Waals surface area contributed by atoms with Crippen LogP contribution in [0.5, 0.6) is 0 Å². The number of carbonyl (C=O) groups excluding carboxylic acids is 3. The summed E-state index contributed by atoms with van der Waals surface area (Å²) in [4.78, 5) is 40.0. The maximum absolute atomic E-state index is 13.3. The van der Waals surface area contributed by atoms with E-state index in [4.69, 9.17) is 0 Å². The zero-order valence-electron chi connectivity index (χ0n) is 17.9. The van der Waals surface area contributed by atoms with E-state index in [1.54, 1.807) is 19.1 Å². The van der Waals surface area contributed by atoms with Gasteiger partial charge in [0.15, 0.2) is 5.78 Å². The molecular weight excluding hydrogens is 390 g/mol. The van der Waals surface area contributed by atoms with Gasteiger partial charge in [-0.25, -0.2) is 4.79 Å². The molecule has 31 heavy (non-hydrogen) atoms. The average Bonchev–Trinajstić information content (AvgIpc) is 3.16. The number of benzene rings is 2. The number of ketones is 1. The zero-order valence-corrected chi connectivity index (χ0v) is 17.9. The lowest BCUT2D eigenvalue weighted by atomic mass is 9.90. The van der Waals surface area contributed by atoms with E-state index in [0.717, 1.165) is 27.1 Å². The molecule has 6 nitrogen and oxygen atoms in total. The van der Waals surface area contributed by atoms with Crippen molar-refractivity contribution in [2.75, 3.05) is 6.54 Å². The van der Waals surface area contributed by atoms with Crippen LogP contribution in [0, 0.1) is 13.8 Å². The number of fused-ring (bicyclic) bond motifs is 1. The number of aromatic nitrogens is 1. The number of amides is 3. The van der Waals surface area contributed by atoms with Crippen LogP contribution in [-0.4, -0.2) is 33.7 Å². The van der Waals surface area contributed by atoms with Gasteiger partial charge in [0.05, 0.1) is 6.54 Å². The van der Waals surface area contributed by atoms with Gasteiger partial charge in [-0.2, -0.15) is 0 Å². The monoisotopic (exact) mass is 415 g/mol. The number of rotatable bonds is 6. The quantitative estimate of drug-likeness (QED) is 0.374. The lowest BCUT2D eigenvalue weighted by molar-refractivity contribution is -0.130. The second-order valence-electron chi connectivity index (χ2n) is 8.12. The van der Waals surface area contributed by atoms with Crippen LogP contribution in [0.1, 0.15) is 34.2 Å². The fourth-order valence-corrected chi connectivity index (χ4v) is 4.26. The average molecular weight is 415 g/mol. The molecule has 1 aliphatic heterocycles. The molecule has 0 spiro atoms. The van der Waals surface area contributed by atoms with Gasteiger partial charge in [0.1, 0.15) is 5.54 Å². The second-order valence-corrected chi connectivity index (χ2v) is 8.12. The van der Waals surface area contributed by atoms with Crippen LogP contribution < -0.4 is 5.32 Å². The van der Waals surface area contributed by atoms with Crippen LogP contribution in [0.2, 0.25) is 0 Å². The molecule has 3 aromatic rings. The molecule has 3 amide bonds. The summed E-state index contributed by atoms with van der Waals surface area (Å²) >= 11 is 0. The van der Waals surface area contributed by atoms with Crippen molar-refractivity contribution in [1.29, 1.82) is 0 Å². The van der Waals surface area contributed by atoms with Crippen molar-refractivity contribution in [3.8, 4) is 0 Å². The van der Waals surface area contributed by atoms with E-state index in [0.29, 0.717) is 17.7 Å². The third-order valence-electron chi connectivity index (χ3n) is 6.09. The zero-order chi connectivity index (χ0) is 22.3. The van der Waals surface area contributed by atoms with Crippen molar-refractivity contribution in [1.82, 2.24) is 14.8 Å². The Labute approximate surface area is 181 Å². The van der Waals surface area contributed by atoms with Gasteiger partial charge in [-0.3, -0.25) is 14.5 Å². The highest BCUT2D eigenvalue weighted by molar-refractivity contribution is 6.11. The predicted molar refractivity (Wildman–Crippen MR) is 120 cm³/mol. The number of imide groups is 1. The first-order chi connectivity index (χ1) is 14.8. The Morgan fingerprint density at radius 3 is 2.52 bits per heavy atom. The minimum absolute atomic E-state index is 0.269. The molecule has 1 aromatic heterocycles. The summed E-state index contributed by atoms with van der Waals surface area (Å²) in [5, 5.41) is 4.81. The molecule has 2 heterocycles. The topological polar surface area (TPSA) is 71.4 Å². The van der Waals surface area contributed by atoms with E-state index in [-0.39, 0.29) is 12.3 Å². The van der Waals surface area contributed by atoms with Crippen LogP contribution in [0.4, 0.5) is 4.79 Å². The largest absolute Gasteiger partial charge is 0.345 e. The number of nitrogens with zero attached hydrogens (tertiary/aromatic N) is 2. The molecule has 4 rings (SSSR count). The first kappa shape index (κ1) is 20.6. The lowest BCUT2D eigenvalue weighted by Gasteiger charge is -2.22. The first-order valence-electron chi connectivity index (χ1n) is 10.2. The van der Waals surface area contributed by atoms with Crippen molar-refractivity contribution in [2.45, 2.75) is 32.9 Å². The van der Waals surface area contributed by atoms with Crippen LogP contribution in [-0.2, 0) is 16.9 Å². The number of hydrogen-bond donors (Lipinski definition) is 1. The van der Waals surface area contributed by atoms with Gasteiger partial charge < -0.3 is 9.88 Å². The molecule has 0 saturated carbocycles. The number of allylic oxidation sites excluding steroid dienone is 1. The molecule has 1 atom stereocenters. The number of aryl methyl sites for hydroxylation is 1. The molecule has 6 heteroatoms. The summed E-state index contributed by atoms with van der Waals surface area (Å²) in [5.41, 5.74) is 1.70. The number of carbonyl (C=O) groups is 3. The fraction of sp³-hybridized carbons (Fsp3) is 0.240. The van der Waals surface area contributed by atoms with Crippen molar-refractivity contribution < 1.29 is 14.4 Å². The van der Waals surface area contributed by atoms with Crippen LogP contribution >= 0.6 is 0 Å². The minimum atomic E-state index is -1.22. The Hall–Kier alpha value is -3.67. The fourth-order valence-electron chi connectivity index (χ4n) is 4.26. The highest BCUT2D eigenvalue weighted by atomic mass is 16.2.